The summed E-state index contributed by atoms with van der Waals surface area (Å²) in [7, 11) is 3.32. The lowest BCUT2D eigenvalue weighted by Crippen LogP contribution is -2.43. The van der Waals surface area contributed by atoms with E-state index >= 15 is 0 Å². The maximum absolute atomic E-state index is 13.6. The maximum Gasteiger partial charge on any atom is 0.322 e. The van der Waals surface area contributed by atoms with Crippen LogP contribution in [0.1, 0.15) is 28.4 Å². The Morgan fingerprint density at radius 1 is 1.06 bits per heavy atom. The Morgan fingerprint density at radius 3 is 2.53 bits per heavy atom. The van der Waals surface area contributed by atoms with E-state index in [4.69, 9.17) is 21.1 Å². The number of carbonyl (C=O) groups is 1. The molecule has 34 heavy (non-hydrogen) atoms. The molecule has 0 spiro atoms. The number of urea groups is 1. The van der Waals surface area contributed by atoms with Crippen molar-refractivity contribution < 1.29 is 14.3 Å². The van der Waals surface area contributed by atoms with Gasteiger partial charge >= 0.3 is 6.03 Å². The lowest BCUT2D eigenvalue weighted by atomic mass is 9.92. The molecule has 0 bridgehead atoms. The first-order valence-electron chi connectivity index (χ1n) is 11.2. The van der Waals surface area contributed by atoms with E-state index < -0.39 is 0 Å². The highest BCUT2D eigenvalue weighted by Gasteiger charge is 2.35. The highest BCUT2D eigenvalue weighted by Crippen LogP contribution is 2.40. The molecule has 1 atom stereocenters. The number of rotatable bonds is 4. The van der Waals surface area contributed by atoms with E-state index in [2.05, 4.69) is 16.4 Å². The zero-order valence-corrected chi connectivity index (χ0v) is 20.1. The quantitative estimate of drug-likeness (QED) is 0.362. The van der Waals surface area contributed by atoms with Crippen molar-refractivity contribution >= 4 is 34.2 Å². The molecule has 4 aromatic rings. The van der Waals surface area contributed by atoms with E-state index in [-0.39, 0.29) is 12.1 Å². The van der Waals surface area contributed by atoms with Gasteiger partial charge in [0.2, 0.25) is 0 Å². The minimum absolute atomic E-state index is 0.173. The minimum atomic E-state index is -0.285. The topological polar surface area (TPSA) is 66.6 Å². The molecule has 0 radical (unpaired) electrons. The molecule has 0 fully saturated rings. The van der Waals surface area contributed by atoms with Gasteiger partial charge in [0.25, 0.3) is 0 Å². The summed E-state index contributed by atoms with van der Waals surface area (Å²) in [6.45, 7) is 2.47. The Balaban J connectivity index is 1.59. The van der Waals surface area contributed by atoms with Crippen molar-refractivity contribution in [2.24, 2.45) is 0 Å². The highest BCUT2D eigenvalue weighted by molar-refractivity contribution is 6.31. The summed E-state index contributed by atoms with van der Waals surface area (Å²) in [5.74, 6) is 1.58. The van der Waals surface area contributed by atoms with E-state index in [9.17, 15) is 4.79 Å². The number of halogens is 1. The van der Waals surface area contributed by atoms with Gasteiger partial charge in [0.05, 0.1) is 20.3 Å². The molecule has 2 N–H and O–H groups in total. The maximum atomic E-state index is 13.6. The van der Waals surface area contributed by atoms with Crippen molar-refractivity contribution in [3.05, 3.63) is 88.1 Å². The van der Waals surface area contributed by atoms with Crippen molar-refractivity contribution in [3.8, 4) is 11.5 Å². The van der Waals surface area contributed by atoms with Crippen molar-refractivity contribution in [2.75, 3.05) is 26.1 Å². The summed E-state index contributed by atoms with van der Waals surface area (Å²) >= 11 is 6.28. The molecule has 7 heteroatoms. The summed E-state index contributed by atoms with van der Waals surface area (Å²) in [4.78, 5) is 19.0. The first kappa shape index (κ1) is 22.2. The van der Waals surface area contributed by atoms with Gasteiger partial charge in [0.1, 0.15) is 11.5 Å². The van der Waals surface area contributed by atoms with Gasteiger partial charge in [-0.2, -0.15) is 0 Å². The summed E-state index contributed by atoms with van der Waals surface area (Å²) in [5, 5.41) is 4.81. The molecule has 1 aromatic heterocycles. The second-order valence-corrected chi connectivity index (χ2v) is 8.80. The fourth-order valence-corrected chi connectivity index (χ4v) is 4.85. The van der Waals surface area contributed by atoms with Crippen LogP contribution >= 0.6 is 11.6 Å². The number of aromatic amines is 1. The molecule has 0 unspecified atom stereocenters. The Bertz CT molecular complexity index is 1360. The SMILES string of the molecule is COc1ccc([C@@H]2c3[nH]c4ccc(OC)cc4c3CCN2C(=O)Nc2cccc(Cl)c2C)cc1. The number of aromatic nitrogens is 1. The van der Waals surface area contributed by atoms with Crippen LogP contribution in [0.15, 0.2) is 60.7 Å². The third kappa shape index (κ3) is 3.84. The van der Waals surface area contributed by atoms with Crippen LogP contribution in [-0.4, -0.2) is 36.7 Å². The average Bonchev–Trinajstić information content (AvgIpc) is 3.24. The number of H-pyrrole nitrogens is 1. The monoisotopic (exact) mass is 475 g/mol. The van der Waals surface area contributed by atoms with Gasteiger partial charge in [-0.15, -0.1) is 0 Å². The zero-order valence-electron chi connectivity index (χ0n) is 19.3. The van der Waals surface area contributed by atoms with Crippen LogP contribution in [0, 0.1) is 6.92 Å². The van der Waals surface area contributed by atoms with Crippen LogP contribution in [0.4, 0.5) is 10.5 Å². The van der Waals surface area contributed by atoms with Crippen molar-refractivity contribution in [3.63, 3.8) is 0 Å². The third-order valence-electron chi connectivity index (χ3n) is 6.54. The molecule has 174 valence electrons. The Morgan fingerprint density at radius 2 is 1.79 bits per heavy atom. The lowest BCUT2D eigenvalue weighted by Gasteiger charge is -2.36. The van der Waals surface area contributed by atoms with Crippen LogP contribution in [0.25, 0.3) is 10.9 Å². The molecular weight excluding hydrogens is 450 g/mol. The second-order valence-electron chi connectivity index (χ2n) is 8.39. The molecule has 6 nitrogen and oxygen atoms in total. The van der Waals surface area contributed by atoms with Gasteiger partial charge in [-0.25, -0.2) is 4.79 Å². The lowest BCUT2D eigenvalue weighted by molar-refractivity contribution is 0.193. The van der Waals surface area contributed by atoms with Crippen LogP contribution in [0.5, 0.6) is 11.5 Å². The third-order valence-corrected chi connectivity index (χ3v) is 6.95. The van der Waals surface area contributed by atoms with E-state index in [1.165, 1.54) is 5.56 Å². The molecule has 1 aliphatic heterocycles. The average molecular weight is 476 g/mol. The number of nitrogens with one attached hydrogen (secondary N) is 2. The summed E-state index contributed by atoms with van der Waals surface area (Å²) in [6, 6.07) is 19.0. The van der Waals surface area contributed by atoms with Gasteiger partial charge < -0.3 is 24.7 Å². The van der Waals surface area contributed by atoms with Crippen molar-refractivity contribution in [1.29, 1.82) is 0 Å². The predicted octanol–water partition coefficient (Wildman–Crippen LogP) is 6.33. The van der Waals surface area contributed by atoms with Crippen LogP contribution in [0.3, 0.4) is 0 Å². The first-order valence-corrected chi connectivity index (χ1v) is 11.5. The van der Waals surface area contributed by atoms with Gasteiger partial charge in [-0.1, -0.05) is 29.8 Å². The van der Waals surface area contributed by atoms with Crippen molar-refractivity contribution in [1.82, 2.24) is 9.88 Å². The summed E-state index contributed by atoms with van der Waals surface area (Å²) in [6.07, 6.45) is 0.733. The number of hydrogen-bond acceptors (Lipinski definition) is 3. The van der Waals surface area contributed by atoms with E-state index in [0.717, 1.165) is 45.6 Å². The minimum Gasteiger partial charge on any atom is -0.497 e. The smallest absolute Gasteiger partial charge is 0.322 e. The van der Waals surface area contributed by atoms with Crippen LogP contribution in [0.2, 0.25) is 5.02 Å². The number of amides is 2. The van der Waals surface area contributed by atoms with Gasteiger partial charge in [0, 0.05) is 33.9 Å². The normalized spacial score (nSPS) is 15.2. The molecule has 0 saturated heterocycles. The summed E-state index contributed by atoms with van der Waals surface area (Å²) in [5.41, 5.74) is 5.79. The zero-order chi connectivity index (χ0) is 23.8. The fourth-order valence-electron chi connectivity index (χ4n) is 4.68. The Hall–Kier alpha value is -3.64. The number of anilines is 1. The molecule has 5 rings (SSSR count). The van der Waals surface area contributed by atoms with Crippen LogP contribution in [-0.2, 0) is 6.42 Å². The number of ether oxygens (including phenoxy) is 2. The largest absolute Gasteiger partial charge is 0.497 e. The number of hydrogen-bond donors (Lipinski definition) is 2. The van der Waals surface area contributed by atoms with Gasteiger partial charge in [0.15, 0.2) is 0 Å². The molecule has 2 heterocycles. The molecule has 0 aliphatic carbocycles. The van der Waals surface area contributed by atoms with Crippen molar-refractivity contribution in [2.45, 2.75) is 19.4 Å². The molecule has 1 aliphatic rings. The fraction of sp³-hybridized carbons (Fsp3) is 0.222. The van der Waals surface area contributed by atoms with Gasteiger partial charge in [-0.3, -0.25) is 0 Å². The molecular formula is C27H26ClN3O3. The number of nitrogens with zero attached hydrogens (tertiary/aromatic N) is 1. The Labute approximate surface area is 203 Å². The highest BCUT2D eigenvalue weighted by atomic mass is 35.5. The Kier molecular flexibility index (Phi) is 5.84. The standard InChI is InChI=1S/C27H26ClN3O3/c1-16-22(28)5-4-6-23(16)30-27(32)31-14-13-20-21-15-19(34-3)11-12-24(21)29-25(20)26(31)17-7-9-18(33-2)10-8-17/h4-12,15,26,29H,13-14H2,1-3H3,(H,30,32)/t26-/m1/s1. The molecule has 3 aromatic carbocycles. The van der Waals surface area contributed by atoms with E-state index in [1.54, 1.807) is 14.2 Å². The first-order chi connectivity index (χ1) is 16.5. The second kappa shape index (κ2) is 8.95. The molecule has 0 saturated carbocycles. The number of fused-ring (bicyclic) bond motifs is 3. The van der Waals surface area contributed by atoms with E-state index in [1.807, 2.05) is 66.4 Å². The van der Waals surface area contributed by atoms with Gasteiger partial charge in [-0.05, 0) is 72.5 Å². The molecule has 2 amide bonds. The number of methoxy groups -OCH3 is 2. The summed E-state index contributed by atoms with van der Waals surface area (Å²) < 4.78 is 10.8. The predicted molar refractivity (Wildman–Crippen MR) is 135 cm³/mol. The van der Waals surface area contributed by atoms with Crippen LogP contribution < -0.4 is 14.8 Å². The van der Waals surface area contributed by atoms with E-state index in [0.29, 0.717) is 17.3 Å². The number of benzene rings is 3. The number of carbonyl (C=O) groups excluding carboxylic acids is 1.